The molecule has 0 aliphatic rings. The molecule has 0 amide bonds. The van der Waals surface area contributed by atoms with Gasteiger partial charge < -0.3 is 4.74 Å². The predicted molar refractivity (Wildman–Crippen MR) is 56.8 cm³/mol. The molecule has 0 saturated carbocycles. The molecule has 100 valence electrons. The van der Waals surface area contributed by atoms with Crippen molar-refractivity contribution in [3.05, 3.63) is 44.0 Å². The quantitative estimate of drug-likeness (QED) is 0.339. The van der Waals surface area contributed by atoms with Crippen LogP contribution in [0.15, 0.2) is 18.2 Å². The molecular formula is C9H6N2O8. The first kappa shape index (κ1) is 14.0. The van der Waals surface area contributed by atoms with E-state index in [-0.39, 0.29) is 0 Å². The van der Waals surface area contributed by atoms with Crippen molar-refractivity contribution >= 4 is 17.6 Å². The van der Waals surface area contributed by atoms with E-state index in [2.05, 4.69) is 9.57 Å². The maximum Gasteiger partial charge on any atom is 0.345 e. The van der Waals surface area contributed by atoms with E-state index in [0.29, 0.717) is 0 Å². The molecule has 0 N–H and O–H groups in total. The molecule has 1 rings (SSSR count). The molecule has 0 aromatic heterocycles. The van der Waals surface area contributed by atoms with Gasteiger partial charge in [0.05, 0.1) is 4.92 Å². The molecular weight excluding hydrogens is 264 g/mol. The molecule has 0 aliphatic carbocycles. The number of nitro groups is 1. The number of nitro benzene ring substituents is 1. The maximum absolute atomic E-state index is 11.4. The Bertz CT molecular complexity index is 567. The molecule has 0 heterocycles. The molecule has 0 saturated heterocycles. The van der Waals surface area contributed by atoms with Crippen molar-refractivity contribution in [1.29, 1.82) is 0 Å². The highest BCUT2D eigenvalue weighted by atomic mass is 17.0. The van der Waals surface area contributed by atoms with E-state index in [9.17, 15) is 29.8 Å². The van der Waals surface area contributed by atoms with Crippen LogP contribution in [0.3, 0.4) is 0 Å². The van der Waals surface area contributed by atoms with Crippen molar-refractivity contribution in [2.24, 2.45) is 0 Å². The van der Waals surface area contributed by atoms with Gasteiger partial charge in [-0.1, -0.05) is 6.07 Å². The fourth-order valence-corrected chi connectivity index (χ4v) is 1.23. The van der Waals surface area contributed by atoms with Gasteiger partial charge in [-0.25, -0.2) is 4.84 Å². The third-order valence-corrected chi connectivity index (χ3v) is 1.82. The minimum Gasteiger partial charge on any atom is -0.426 e. The molecule has 0 bridgehead atoms. The number of carbonyl (C=O) groups excluding carboxylic acids is 2. The van der Waals surface area contributed by atoms with Crippen molar-refractivity contribution < 1.29 is 29.2 Å². The molecule has 0 aliphatic heterocycles. The molecule has 0 atom stereocenters. The standard InChI is InChI=1S/C9H6N2O8/c1-5(12)18-7-4-2-3-6(10(14)15)8(7)9(13)19-11(16)17/h2-4H,1H3. The summed E-state index contributed by atoms with van der Waals surface area (Å²) in [6.07, 6.45) is 0. The van der Waals surface area contributed by atoms with Crippen LogP contribution < -0.4 is 4.74 Å². The van der Waals surface area contributed by atoms with Crippen LogP contribution in [-0.4, -0.2) is 21.9 Å². The lowest BCUT2D eigenvalue weighted by atomic mass is 10.1. The summed E-state index contributed by atoms with van der Waals surface area (Å²) >= 11 is 0. The van der Waals surface area contributed by atoms with E-state index < -0.39 is 38.9 Å². The number of ether oxygens (including phenoxy) is 1. The average Bonchev–Trinajstić information content (AvgIpc) is 2.26. The minimum absolute atomic E-state index is 0.492. The third-order valence-electron chi connectivity index (χ3n) is 1.82. The Labute approximate surface area is 104 Å². The zero-order valence-electron chi connectivity index (χ0n) is 9.39. The summed E-state index contributed by atoms with van der Waals surface area (Å²) in [7, 11) is 0. The number of hydrogen-bond acceptors (Lipinski definition) is 8. The number of hydrogen-bond donors (Lipinski definition) is 0. The molecule has 10 nitrogen and oxygen atoms in total. The van der Waals surface area contributed by atoms with Gasteiger partial charge in [0, 0.05) is 13.0 Å². The highest BCUT2D eigenvalue weighted by Gasteiger charge is 2.28. The number of rotatable bonds is 4. The minimum atomic E-state index is -1.60. The van der Waals surface area contributed by atoms with Gasteiger partial charge in [0.15, 0.2) is 11.3 Å². The topological polar surface area (TPSA) is 139 Å². The van der Waals surface area contributed by atoms with Crippen LogP contribution in [0.5, 0.6) is 5.75 Å². The van der Waals surface area contributed by atoms with Crippen LogP contribution >= 0.6 is 0 Å². The van der Waals surface area contributed by atoms with Gasteiger partial charge >= 0.3 is 17.0 Å². The second kappa shape index (κ2) is 5.53. The Morgan fingerprint density at radius 2 is 1.84 bits per heavy atom. The van der Waals surface area contributed by atoms with Crippen molar-refractivity contribution in [2.75, 3.05) is 0 Å². The van der Waals surface area contributed by atoms with Gasteiger partial charge in [0.1, 0.15) is 0 Å². The fraction of sp³-hybridized carbons (Fsp3) is 0.111. The third kappa shape index (κ3) is 3.46. The molecule has 0 unspecified atom stereocenters. The zero-order chi connectivity index (χ0) is 14.6. The second-order valence-corrected chi connectivity index (χ2v) is 3.10. The van der Waals surface area contributed by atoms with Crippen molar-refractivity contribution in [2.45, 2.75) is 6.92 Å². The molecule has 0 radical (unpaired) electrons. The largest absolute Gasteiger partial charge is 0.426 e. The summed E-state index contributed by atoms with van der Waals surface area (Å²) in [5, 5.41) is 19.4. The predicted octanol–water partition coefficient (Wildman–Crippen LogP) is 0.869. The van der Waals surface area contributed by atoms with E-state index in [1.807, 2.05) is 0 Å². The first-order valence-corrected chi connectivity index (χ1v) is 4.65. The summed E-state index contributed by atoms with van der Waals surface area (Å²) in [5.41, 5.74) is -1.58. The first-order valence-electron chi connectivity index (χ1n) is 4.65. The Morgan fingerprint density at radius 3 is 2.32 bits per heavy atom. The summed E-state index contributed by atoms with van der Waals surface area (Å²) in [4.78, 5) is 45.7. The normalized spacial score (nSPS) is 9.53. The fourth-order valence-electron chi connectivity index (χ4n) is 1.23. The van der Waals surface area contributed by atoms with Crippen LogP contribution in [0.1, 0.15) is 17.3 Å². The number of benzene rings is 1. The monoisotopic (exact) mass is 270 g/mol. The molecule has 19 heavy (non-hydrogen) atoms. The van der Waals surface area contributed by atoms with Gasteiger partial charge in [0.2, 0.25) is 0 Å². The average molecular weight is 270 g/mol. The van der Waals surface area contributed by atoms with E-state index in [1.165, 1.54) is 0 Å². The first-order chi connectivity index (χ1) is 8.82. The highest BCUT2D eigenvalue weighted by Crippen LogP contribution is 2.29. The van der Waals surface area contributed by atoms with Crippen molar-refractivity contribution in [3.8, 4) is 5.75 Å². The van der Waals surface area contributed by atoms with Gasteiger partial charge in [0.25, 0.3) is 5.69 Å². The lowest BCUT2D eigenvalue weighted by molar-refractivity contribution is -0.727. The van der Waals surface area contributed by atoms with Gasteiger partial charge in [-0.2, -0.15) is 0 Å². The summed E-state index contributed by atoms with van der Waals surface area (Å²) in [6, 6.07) is 3.15. The van der Waals surface area contributed by atoms with Gasteiger partial charge in [-0.15, -0.1) is 10.1 Å². The molecule has 0 spiro atoms. The summed E-state index contributed by atoms with van der Waals surface area (Å²) in [6.45, 7) is 1.00. The number of nitrogens with zero attached hydrogens (tertiary/aromatic N) is 2. The van der Waals surface area contributed by atoms with Crippen LogP contribution in [0.25, 0.3) is 0 Å². The molecule has 0 fully saturated rings. The SMILES string of the molecule is CC(=O)Oc1cccc([N+](=O)[O-])c1C(=O)O[N+](=O)[O-]. The Kier molecular flexibility index (Phi) is 4.08. The summed E-state index contributed by atoms with van der Waals surface area (Å²) < 4.78 is 4.57. The second-order valence-electron chi connectivity index (χ2n) is 3.10. The lowest BCUT2D eigenvalue weighted by Gasteiger charge is -2.06. The lowest BCUT2D eigenvalue weighted by Crippen LogP contribution is -2.15. The summed E-state index contributed by atoms with van der Waals surface area (Å²) in [5.74, 6) is -2.95. The van der Waals surface area contributed by atoms with Gasteiger partial charge in [-0.3, -0.25) is 19.7 Å². The van der Waals surface area contributed by atoms with Crippen LogP contribution in [0.4, 0.5) is 5.69 Å². The number of carbonyl (C=O) groups is 2. The van der Waals surface area contributed by atoms with E-state index in [1.54, 1.807) is 0 Å². The van der Waals surface area contributed by atoms with Crippen LogP contribution in [0, 0.1) is 20.2 Å². The Morgan fingerprint density at radius 1 is 1.21 bits per heavy atom. The Hall–Kier alpha value is -3.04. The molecule has 1 aromatic rings. The van der Waals surface area contributed by atoms with E-state index in [0.717, 1.165) is 25.1 Å². The van der Waals surface area contributed by atoms with Crippen molar-refractivity contribution in [1.82, 2.24) is 0 Å². The Balaban J connectivity index is 3.36. The number of esters is 1. The highest BCUT2D eigenvalue weighted by molar-refractivity contribution is 5.97. The molecule has 1 aromatic carbocycles. The smallest absolute Gasteiger partial charge is 0.345 e. The van der Waals surface area contributed by atoms with E-state index >= 15 is 0 Å². The van der Waals surface area contributed by atoms with Crippen molar-refractivity contribution in [3.63, 3.8) is 0 Å². The van der Waals surface area contributed by atoms with Crippen LogP contribution in [0.2, 0.25) is 0 Å². The van der Waals surface area contributed by atoms with Gasteiger partial charge in [-0.05, 0) is 6.07 Å². The van der Waals surface area contributed by atoms with E-state index in [4.69, 9.17) is 0 Å². The zero-order valence-corrected chi connectivity index (χ0v) is 9.39. The maximum atomic E-state index is 11.4. The van der Waals surface area contributed by atoms with Crippen LogP contribution in [-0.2, 0) is 9.63 Å². The molecule has 10 heteroatoms.